The predicted molar refractivity (Wildman–Crippen MR) is 88.3 cm³/mol. The average Bonchev–Trinajstić information content (AvgIpc) is 2.46. The minimum absolute atomic E-state index is 0.582. The Labute approximate surface area is 125 Å². The summed E-state index contributed by atoms with van der Waals surface area (Å²) in [5.74, 6) is 1.93. The highest BCUT2D eigenvalue weighted by Gasteiger charge is 2.20. The van der Waals surface area contributed by atoms with Crippen LogP contribution < -0.4 is 5.32 Å². The second-order valence-corrected chi connectivity index (χ2v) is 6.27. The molecule has 1 unspecified atom stereocenters. The van der Waals surface area contributed by atoms with E-state index in [4.69, 9.17) is 0 Å². The molecule has 118 valence electrons. The summed E-state index contributed by atoms with van der Waals surface area (Å²) in [6.45, 7) is 11.5. The zero-order valence-electron chi connectivity index (χ0n) is 14.2. The molecule has 4 nitrogen and oxygen atoms in total. The molecule has 1 rings (SSSR count). The second-order valence-electron chi connectivity index (χ2n) is 6.27. The number of hydrogen-bond acceptors (Lipinski definition) is 2. The van der Waals surface area contributed by atoms with E-state index >= 15 is 0 Å². The molecule has 0 saturated carbocycles. The van der Waals surface area contributed by atoms with E-state index in [9.17, 15) is 0 Å². The monoisotopic (exact) mass is 282 g/mol. The first-order valence-corrected chi connectivity index (χ1v) is 8.24. The minimum Gasteiger partial charge on any atom is -0.355 e. The van der Waals surface area contributed by atoms with Crippen LogP contribution in [0.25, 0.3) is 0 Å². The SMILES string of the molecule is CCCCN(C)C(=NC)NCC(C)N1CCC(C)CC1. The molecule has 4 heteroatoms. The standard InChI is InChI=1S/C16H34N4/c1-6-7-10-19(5)16(17-4)18-13-15(3)20-11-8-14(2)9-12-20/h14-15H,6-13H2,1-5H3,(H,17,18). The Kier molecular flexibility index (Phi) is 7.97. The molecule has 20 heavy (non-hydrogen) atoms. The van der Waals surface area contributed by atoms with E-state index in [1.165, 1.54) is 38.8 Å². The van der Waals surface area contributed by atoms with Crippen molar-refractivity contribution in [3.63, 3.8) is 0 Å². The van der Waals surface area contributed by atoms with Crippen LogP contribution in [0.2, 0.25) is 0 Å². The summed E-state index contributed by atoms with van der Waals surface area (Å²) in [5, 5.41) is 3.52. The van der Waals surface area contributed by atoms with Gasteiger partial charge in [0.15, 0.2) is 5.96 Å². The fraction of sp³-hybridized carbons (Fsp3) is 0.938. The fourth-order valence-corrected chi connectivity index (χ4v) is 2.72. The van der Waals surface area contributed by atoms with Crippen LogP contribution >= 0.6 is 0 Å². The largest absolute Gasteiger partial charge is 0.355 e. The zero-order chi connectivity index (χ0) is 15.0. The van der Waals surface area contributed by atoms with Gasteiger partial charge < -0.3 is 10.2 Å². The third-order valence-electron chi connectivity index (χ3n) is 4.42. The van der Waals surface area contributed by atoms with Crippen LogP contribution in [0.1, 0.15) is 46.5 Å². The fourth-order valence-electron chi connectivity index (χ4n) is 2.72. The molecular formula is C16H34N4. The van der Waals surface area contributed by atoms with Gasteiger partial charge in [0.1, 0.15) is 0 Å². The van der Waals surface area contributed by atoms with E-state index in [1.54, 1.807) is 0 Å². The number of rotatable bonds is 6. The molecule has 0 amide bonds. The Morgan fingerprint density at radius 3 is 2.60 bits per heavy atom. The summed E-state index contributed by atoms with van der Waals surface area (Å²) >= 11 is 0. The molecule has 1 saturated heterocycles. The Hall–Kier alpha value is -0.770. The Morgan fingerprint density at radius 1 is 1.40 bits per heavy atom. The predicted octanol–water partition coefficient (Wildman–Crippen LogP) is 2.41. The third-order valence-corrected chi connectivity index (χ3v) is 4.42. The van der Waals surface area contributed by atoms with E-state index in [-0.39, 0.29) is 0 Å². The van der Waals surface area contributed by atoms with Gasteiger partial charge in [0.25, 0.3) is 0 Å². The zero-order valence-corrected chi connectivity index (χ0v) is 14.2. The number of nitrogens with zero attached hydrogens (tertiary/aromatic N) is 3. The van der Waals surface area contributed by atoms with Crippen LogP contribution in [-0.2, 0) is 0 Å². The molecule has 0 aliphatic carbocycles. The summed E-state index contributed by atoms with van der Waals surface area (Å²) in [6, 6.07) is 0.582. The summed E-state index contributed by atoms with van der Waals surface area (Å²) in [7, 11) is 4.00. The summed E-state index contributed by atoms with van der Waals surface area (Å²) < 4.78 is 0. The van der Waals surface area contributed by atoms with E-state index in [2.05, 4.69) is 47.9 Å². The van der Waals surface area contributed by atoms with Crippen molar-refractivity contribution in [1.29, 1.82) is 0 Å². The molecule has 0 radical (unpaired) electrons. The summed E-state index contributed by atoms with van der Waals surface area (Å²) in [5.41, 5.74) is 0. The van der Waals surface area contributed by atoms with Gasteiger partial charge in [-0.3, -0.25) is 9.89 Å². The van der Waals surface area contributed by atoms with Crippen LogP contribution in [0.4, 0.5) is 0 Å². The minimum atomic E-state index is 0.582. The molecule has 1 heterocycles. The third kappa shape index (κ3) is 5.70. The van der Waals surface area contributed by atoms with Crippen LogP contribution in [-0.4, -0.2) is 62.1 Å². The van der Waals surface area contributed by atoms with Crippen LogP contribution in [0.3, 0.4) is 0 Å². The highest BCUT2D eigenvalue weighted by Crippen LogP contribution is 2.17. The number of nitrogens with one attached hydrogen (secondary N) is 1. The lowest BCUT2D eigenvalue weighted by Gasteiger charge is -2.35. The number of unbranched alkanes of at least 4 members (excludes halogenated alkanes) is 1. The second kappa shape index (κ2) is 9.22. The van der Waals surface area contributed by atoms with E-state index < -0.39 is 0 Å². The average molecular weight is 282 g/mol. The highest BCUT2D eigenvalue weighted by atomic mass is 15.3. The molecule has 0 bridgehead atoms. The van der Waals surface area contributed by atoms with Gasteiger partial charge in [0, 0.05) is 33.2 Å². The van der Waals surface area contributed by atoms with Crippen LogP contribution in [0.5, 0.6) is 0 Å². The molecule has 1 aliphatic heterocycles. The van der Waals surface area contributed by atoms with Crippen molar-refractivity contribution in [1.82, 2.24) is 15.1 Å². The highest BCUT2D eigenvalue weighted by molar-refractivity contribution is 5.79. The van der Waals surface area contributed by atoms with Crippen LogP contribution in [0, 0.1) is 5.92 Å². The maximum Gasteiger partial charge on any atom is 0.193 e. The first kappa shape index (κ1) is 17.3. The molecular weight excluding hydrogens is 248 g/mol. The van der Waals surface area contributed by atoms with E-state index in [1.807, 2.05) is 7.05 Å². The van der Waals surface area contributed by atoms with Crippen molar-refractivity contribution < 1.29 is 0 Å². The van der Waals surface area contributed by atoms with Gasteiger partial charge in [-0.05, 0) is 45.2 Å². The lowest BCUT2D eigenvalue weighted by Crippen LogP contribution is -2.48. The maximum atomic E-state index is 4.38. The lowest BCUT2D eigenvalue weighted by molar-refractivity contribution is 0.147. The summed E-state index contributed by atoms with van der Waals surface area (Å²) in [4.78, 5) is 9.22. The number of piperidine rings is 1. The smallest absolute Gasteiger partial charge is 0.193 e. The molecule has 0 aromatic carbocycles. The van der Waals surface area contributed by atoms with Gasteiger partial charge in [-0.15, -0.1) is 0 Å². The van der Waals surface area contributed by atoms with Crippen molar-refractivity contribution >= 4 is 5.96 Å². The van der Waals surface area contributed by atoms with E-state index in [0.717, 1.165) is 25.0 Å². The van der Waals surface area contributed by atoms with Gasteiger partial charge >= 0.3 is 0 Å². The normalized spacial score (nSPS) is 19.9. The van der Waals surface area contributed by atoms with Crippen molar-refractivity contribution in [3.8, 4) is 0 Å². The van der Waals surface area contributed by atoms with Gasteiger partial charge in [0.05, 0.1) is 0 Å². The van der Waals surface area contributed by atoms with Crippen molar-refractivity contribution in [3.05, 3.63) is 0 Å². The Bertz CT molecular complexity index is 282. The molecule has 0 spiro atoms. The Morgan fingerprint density at radius 2 is 2.05 bits per heavy atom. The molecule has 0 aromatic heterocycles. The topological polar surface area (TPSA) is 30.9 Å². The van der Waals surface area contributed by atoms with Crippen molar-refractivity contribution in [2.24, 2.45) is 10.9 Å². The number of guanidine groups is 1. The molecule has 1 fully saturated rings. The molecule has 0 aromatic rings. The number of aliphatic imine (C=N–C) groups is 1. The number of likely N-dealkylation sites (tertiary alicyclic amines) is 1. The lowest BCUT2D eigenvalue weighted by atomic mass is 9.98. The molecule has 1 atom stereocenters. The first-order valence-electron chi connectivity index (χ1n) is 8.24. The number of hydrogen-bond donors (Lipinski definition) is 1. The maximum absolute atomic E-state index is 4.38. The van der Waals surface area contributed by atoms with Gasteiger partial charge in [-0.1, -0.05) is 20.3 Å². The van der Waals surface area contributed by atoms with Crippen molar-refractivity contribution in [2.75, 3.05) is 40.3 Å². The quantitative estimate of drug-likeness (QED) is 0.599. The van der Waals surface area contributed by atoms with Crippen LogP contribution in [0.15, 0.2) is 4.99 Å². The van der Waals surface area contributed by atoms with Gasteiger partial charge in [-0.25, -0.2) is 0 Å². The van der Waals surface area contributed by atoms with Gasteiger partial charge in [-0.2, -0.15) is 0 Å². The van der Waals surface area contributed by atoms with Crippen molar-refractivity contribution in [2.45, 2.75) is 52.5 Å². The Balaban J connectivity index is 2.32. The molecule has 1 N–H and O–H groups in total. The summed E-state index contributed by atoms with van der Waals surface area (Å²) in [6.07, 6.45) is 5.13. The van der Waals surface area contributed by atoms with Gasteiger partial charge in [0.2, 0.25) is 0 Å². The molecule has 1 aliphatic rings. The van der Waals surface area contributed by atoms with E-state index in [0.29, 0.717) is 6.04 Å². The first-order chi connectivity index (χ1) is 9.58.